The van der Waals surface area contributed by atoms with Crippen molar-refractivity contribution in [2.24, 2.45) is 0 Å². The fourth-order valence-corrected chi connectivity index (χ4v) is 4.39. The van der Waals surface area contributed by atoms with Crippen molar-refractivity contribution in [1.82, 2.24) is 4.90 Å². The number of para-hydroxylation sites is 1. The molecule has 0 spiro atoms. The van der Waals surface area contributed by atoms with Crippen molar-refractivity contribution in [3.63, 3.8) is 0 Å². The molecule has 0 aliphatic carbocycles. The van der Waals surface area contributed by atoms with Crippen molar-refractivity contribution >= 4 is 23.4 Å². The monoisotopic (exact) mass is 400 g/mol. The zero-order chi connectivity index (χ0) is 19.9. The lowest BCUT2D eigenvalue weighted by molar-refractivity contribution is -0.114. The summed E-state index contributed by atoms with van der Waals surface area (Å²) in [6.07, 6.45) is 2.03. The minimum Gasteiger partial charge on any atom is -0.371 e. The molecule has 0 aromatic heterocycles. The van der Waals surface area contributed by atoms with E-state index >= 15 is 0 Å². The van der Waals surface area contributed by atoms with Gasteiger partial charge in [-0.05, 0) is 23.3 Å². The molecule has 0 bridgehead atoms. The summed E-state index contributed by atoms with van der Waals surface area (Å²) in [5, 5.41) is 0. The molecule has 29 heavy (non-hydrogen) atoms. The Labute approximate surface area is 176 Å². The summed E-state index contributed by atoms with van der Waals surface area (Å²) in [4.78, 5) is 18.4. The third-order valence-electron chi connectivity index (χ3n) is 4.87. The summed E-state index contributed by atoms with van der Waals surface area (Å²) in [5.41, 5.74) is 3.29. The topological polar surface area (TPSA) is 23.6 Å². The minimum absolute atomic E-state index is 0.0582. The van der Waals surface area contributed by atoms with Gasteiger partial charge in [-0.15, -0.1) is 11.8 Å². The van der Waals surface area contributed by atoms with Crippen LogP contribution in [0.1, 0.15) is 11.1 Å². The molecular weight excluding hydrogens is 376 g/mol. The first-order valence-corrected chi connectivity index (χ1v) is 10.8. The molecule has 1 aliphatic rings. The number of rotatable bonds is 6. The molecule has 0 N–H and O–H groups in total. The van der Waals surface area contributed by atoms with Crippen LogP contribution < -0.4 is 4.90 Å². The molecule has 3 aromatic rings. The van der Waals surface area contributed by atoms with E-state index in [1.807, 2.05) is 65.7 Å². The number of carbonyl (C=O) groups is 1. The fraction of sp³-hybridized carbons (Fsp3) is 0.160. The van der Waals surface area contributed by atoms with Gasteiger partial charge in [0.25, 0.3) is 5.91 Å². The Kier molecular flexibility index (Phi) is 6.32. The molecule has 0 saturated carbocycles. The Morgan fingerprint density at radius 3 is 2.07 bits per heavy atom. The summed E-state index contributed by atoms with van der Waals surface area (Å²) in [6.45, 7) is 2.32. The molecule has 1 amide bonds. The summed E-state index contributed by atoms with van der Waals surface area (Å²) in [7, 11) is 0. The van der Waals surface area contributed by atoms with E-state index in [1.54, 1.807) is 11.8 Å². The van der Waals surface area contributed by atoms with Crippen LogP contribution in [0, 0.1) is 0 Å². The highest BCUT2D eigenvalue weighted by molar-refractivity contribution is 8.04. The third-order valence-corrected chi connectivity index (χ3v) is 5.85. The van der Waals surface area contributed by atoms with Gasteiger partial charge in [-0.2, -0.15) is 0 Å². The second-order valence-corrected chi connectivity index (χ2v) is 8.15. The lowest BCUT2D eigenvalue weighted by atomic mass is 10.2. The average Bonchev–Trinajstić information content (AvgIpc) is 2.79. The van der Waals surface area contributed by atoms with Crippen molar-refractivity contribution in [2.45, 2.75) is 13.1 Å². The van der Waals surface area contributed by atoms with Gasteiger partial charge in [-0.3, -0.25) is 4.79 Å². The summed E-state index contributed by atoms with van der Waals surface area (Å²) < 4.78 is 0. The van der Waals surface area contributed by atoms with E-state index in [9.17, 15) is 4.79 Å². The molecule has 0 unspecified atom stereocenters. The third kappa shape index (κ3) is 5.09. The van der Waals surface area contributed by atoms with E-state index in [-0.39, 0.29) is 5.91 Å². The highest BCUT2D eigenvalue weighted by Gasteiger charge is 2.24. The second-order valence-electron chi connectivity index (χ2n) is 7.01. The van der Waals surface area contributed by atoms with Crippen LogP contribution in [0.2, 0.25) is 0 Å². The summed E-state index contributed by atoms with van der Waals surface area (Å²) in [5.74, 6) is 0.973. The average molecular weight is 401 g/mol. The van der Waals surface area contributed by atoms with Crippen molar-refractivity contribution in [3.05, 3.63) is 113 Å². The van der Waals surface area contributed by atoms with Gasteiger partial charge in [-0.25, -0.2) is 0 Å². The van der Waals surface area contributed by atoms with Crippen molar-refractivity contribution < 1.29 is 4.79 Å². The Morgan fingerprint density at radius 2 is 1.41 bits per heavy atom. The van der Waals surface area contributed by atoms with E-state index in [4.69, 9.17) is 0 Å². The van der Waals surface area contributed by atoms with Crippen molar-refractivity contribution in [2.75, 3.05) is 17.2 Å². The zero-order valence-corrected chi connectivity index (χ0v) is 17.1. The van der Waals surface area contributed by atoms with Crippen molar-refractivity contribution in [1.29, 1.82) is 0 Å². The number of hydrogen-bond donors (Lipinski definition) is 0. The molecule has 3 aromatic carbocycles. The second kappa shape index (κ2) is 9.48. The number of carbonyl (C=O) groups excluding carboxylic acids is 1. The van der Waals surface area contributed by atoms with Crippen LogP contribution in [0.4, 0.5) is 5.69 Å². The standard InChI is InChI=1S/C25H24N2OS/c28-25(24-20-26(16-17-29-24)18-21-10-4-1-5-11-21)27(23-14-8-3-9-15-23)19-22-12-6-2-7-13-22/h1-15,20H,16-19H2. The van der Waals surface area contributed by atoms with Crippen LogP contribution in [-0.2, 0) is 17.9 Å². The smallest absolute Gasteiger partial charge is 0.266 e. The summed E-state index contributed by atoms with van der Waals surface area (Å²) >= 11 is 1.65. The van der Waals surface area contributed by atoms with Crippen molar-refractivity contribution in [3.8, 4) is 0 Å². The van der Waals surface area contributed by atoms with E-state index < -0.39 is 0 Å². The summed E-state index contributed by atoms with van der Waals surface area (Å²) in [6, 6.07) is 30.5. The minimum atomic E-state index is 0.0582. The van der Waals surface area contributed by atoms with Crippen LogP contribution in [0.5, 0.6) is 0 Å². The van der Waals surface area contributed by atoms with E-state index in [2.05, 4.69) is 41.3 Å². The van der Waals surface area contributed by atoms with Gasteiger partial charge in [0.15, 0.2) is 0 Å². The van der Waals surface area contributed by atoms with Crippen LogP contribution >= 0.6 is 11.8 Å². The normalized spacial score (nSPS) is 13.7. The Bertz CT molecular complexity index is 958. The highest BCUT2D eigenvalue weighted by Crippen LogP contribution is 2.28. The molecule has 1 heterocycles. The maximum Gasteiger partial charge on any atom is 0.266 e. The van der Waals surface area contributed by atoms with Crippen LogP contribution in [0.25, 0.3) is 0 Å². The molecule has 4 rings (SSSR count). The largest absolute Gasteiger partial charge is 0.371 e. The first kappa shape index (κ1) is 19.3. The van der Waals surface area contributed by atoms with Gasteiger partial charge in [0, 0.05) is 30.7 Å². The maximum absolute atomic E-state index is 13.5. The molecule has 146 valence electrons. The number of anilines is 1. The highest BCUT2D eigenvalue weighted by atomic mass is 32.2. The first-order chi connectivity index (χ1) is 14.3. The predicted octanol–water partition coefficient (Wildman–Crippen LogP) is 5.31. The Hall–Kier alpha value is -2.98. The fourth-order valence-electron chi connectivity index (χ4n) is 3.39. The van der Waals surface area contributed by atoms with Gasteiger partial charge in [-0.1, -0.05) is 78.9 Å². The van der Waals surface area contributed by atoms with Gasteiger partial charge >= 0.3 is 0 Å². The predicted molar refractivity (Wildman–Crippen MR) is 121 cm³/mol. The Morgan fingerprint density at radius 1 is 0.828 bits per heavy atom. The zero-order valence-electron chi connectivity index (χ0n) is 16.3. The quantitative estimate of drug-likeness (QED) is 0.560. The molecule has 0 saturated heterocycles. The SMILES string of the molecule is O=C(C1=CN(Cc2ccccc2)CCS1)N(Cc1ccccc1)c1ccccc1. The first-order valence-electron chi connectivity index (χ1n) is 9.83. The number of nitrogens with zero attached hydrogens (tertiary/aromatic N) is 2. The molecule has 0 fully saturated rings. The molecule has 1 aliphatic heterocycles. The number of hydrogen-bond acceptors (Lipinski definition) is 3. The van der Waals surface area contributed by atoms with E-state index in [0.29, 0.717) is 6.54 Å². The van der Waals surface area contributed by atoms with Crippen LogP contribution in [-0.4, -0.2) is 23.1 Å². The molecular formula is C25H24N2OS. The number of amides is 1. The van der Waals surface area contributed by atoms with Gasteiger partial charge in [0.05, 0.1) is 11.4 Å². The number of thioether (sulfide) groups is 1. The van der Waals surface area contributed by atoms with E-state index in [1.165, 1.54) is 5.56 Å². The molecule has 0 atom stereocenters. The Balaban J connectivity index is 1.57. The molecule has 3 nitrogen and oxygen atoms in total. The van der Waals surface area contributed by atoms with Crippen LogP contribution in [0.15, 0.2) is 102 Å². The van der Waals surface area contributed by atoms with Gasteiger partial charge in [0.2, 0.25) is 0 Å². The van der Waals surface area contributed by atoms with Gasteiger partial charge < -0.3 is 9.80 Å². The van der Waals surface area contributed by atoms with Crippen LogP contribution in [0.3, 0.4) is 0 Å². The maximum atomic E-state index is 13.5. The molecule has 4 heteroatoms. The lowest BCUT2D eigenvalue weighted by Crippen LogP contribution is -2.34. The van der Waals surface area contributed by atoms with E-state index in [0.717, 1.165) is 35.0 Å². The molecule has 0 radical (unpaired) electrons. The number of benzene rings is 3. The van der Waals surface area contributed by atoms with Gasteiger partial charge in [0.1, 0.15) is 0 Å². The lowest BCUT2D eigenvalue weighted by Gasteiger charge is -2.29.